The molecule has 0 aromatic heterocycles. The Kier molecular flexibility index (Phi) is 4.02. The van der Waals surface area contributed by atoms with Gasteiger partial charge < -0.3 is 0 Å². The minimum atomic E-state index is -0.379. The van der Waals surface area contributed by atoms with Crippen molar-refractivity contribution in [2.24, 2.45) is 0 Å². The quantitative estimate of drug-likeness (QED) is 0.345. The first-order chi connectivity index (χ1) is 13.6. The minimum Gasteiger partial charge on any atom is -0.258 e. The van der Waals surface area contributed by atoms with E-state index in [0.29, 0.717) is 5.56 Å². The zero-order valence-corrected chi connectivity index (χ0v) is 16.2. The van der Waals surface area contributed by atoms with Gasteiger partial charge in [-0.25, -0.2) is 0 Å². The van der Waals surface area contributed by atoms with Crippen LogP contribution in [0.5, 0.6) is 0 Å². The summed E-state index contributed by atoms with van der Waals surface area (Å²) in [4.78, 5) is 11.3. The summed E-state index contributed by atoms with van der Waals surface area (Å²) < 4.78 is 0. The Labute approximate surface area is 169 Å². The number of nitrogens with zero attached hydrogens (tertiary/aromatic N) is 1. The first-order valence-electron chi connectivity index (χ1n) is 9.79. The SMILES string of the molecule is O=[N+]([O-])c1c(Cl)cccc1-c1ccc2c(c1)C1(CCCCC1)c1ccccc1-2. The van der Waals surface area contributed by atoms with Crippen LogP contribution in [0.4, 0.5) is 5.69 Å². The number of para-hydroxylation sites is 1. The fourth-order valence-corrected chi connectivity index (χ4v) is 5.49. The maximum absolute atomic E-state index is 11.6. The normalized spacial score (nSPS) is 16.6. The number of benzene rings is 3. The number of rotatable bonds is 2. The minimum absolute atomic E-state index is 0.0164. The Morgan fingerprint density at radius 2 is 1.54 bits per heavy atom. The van der Waals surface area contributed by atoms with Crippen LogP contribution in [0.15, 0.2) is 60.7 Å². The second kappa shape index (κ2) is 6.46. The molecule has 0 amide bonds. The molecule has 0 N–H and O–H groups in total. The molecule has 1 fully saturated rings. The van der Waals surface area contributed by atoms with E-state index in [-0.39, 0.29) is 21.0 Å². The van der Waals surface area contributed by atoms with Gasteiger partial charge in [0.1, 0.15) is 5.02 Å². The summed E-state index contributed by atoms with van der Waals surface area (Å²) in [5.41, 5.74) is 6.79. The lowest BCUT2D eigenvalue weighted by molar-refractivity contribution is -0.384. The van der Waals surface area contributed by atoms with Crippen molar-refractivity contribution in [3.63, 3.8) is 0 Å². The van der Waals surface area contributed by atoms with Crippen molar-refractivity contribution in [3.8, 4) is 22.3 Å². The highest BCUT2D eigenvalue weighted by Crippen LogP contribution is 2.56. The van der Waals surface area contributed by atoms with E-state index in [1.165, 1.54) is 41.5 Å². The molecule has 0 heterocycles. The van der Waals surface area contributed by atoms with Crippen LogP contribution in [-0.2, 0) is 5.41 Å². The highest BCUT2D eigenvalue weighted by molar-refractivity contribution is 6.33. The van der Waals surface area contributed by atoms with Crippen molar-refractivity contribution >= 4 is 17.3 Å². The van der Waals surface area contributed by atoms with Crippen LogP contribution in [0.25, 0.3) is 22.3 Å². The first-order valence-corrected chi connectivity index (χ1v) is 10.2. The van der Waals surface area contributed by atoms with Crippen LogP contribution in [0.2, 0.25) is 5.02 Å². The van der Waals surface area contributed by atoms with Gasteiger partial charge in [-0.3, -0.25) is 10.1 Å². The molecule has 2 aliphatic carbocycles. The molecule has 2 aliphatic rings. The predicted molar refractivity (Wildman–Crippen MR) is 113 cm³/mol. The summed E-state index contributed by atoms with van der Waals surface area (Å²) in [6.45, 7) is 0. The third-order valence-electron chi connectivity index (χ3n) is 6.46. The Morgan fingerprint density at radius 3 is 2.32 bits per heavy atom. The van der Waals surface area contributed by atoms with Crippen molar-refractivity contribution in [3.05, 3.63) is 86.9 Å². The lowest BCUT2D eigenvalue weighted by atomic mass is 9.67. The molecule has 1 spiro atoms. The van der Waals surface area contributed by atoms with Gasteiger partial charge in [-0.05, 0) is 58.9 Å². The van der Waals surface area contributed by atoms with E-state index in [0.717, 1.165) is 18.4 Å². The molecule has 1 saturated carbocycles. The van der Waals surface area contributed by atoms with Gasteiger partial charge in [-0.15, -0.1) is 0 Å². The van der Waals surface area contributed by atoms with Gasteiger partial charge in [0, 0.05) is 5.41 Å². The molecule has 3 nitrogen and oxygen atoms in total. The molecule has 0 atom stereocenters. The number of nitro benzene ring substituents is 1. The third kappa shape index (κ3) is 2.43. The molecule has 0 saturated heterocycles. The van der Waals surface area contributed by atoms with Crippen molar-refractivity contribution in [1.29, 1.82) is 0 Å². The van der Waals surface area contributed by atoms with Gasteiger partial charge in [-0.1, -0.05) is 73.3 Å². The number of fused-ring (bicyclic) bond motifs is 5. The number of hydrogen-bond donors (Lipinski definition) is 0. The molecule has 4 heteroatoms. The number of hydrogen-bond acceptors (Lipinski definition) is 2. The maximum Gasteiger partial charge on any atom is 0.295 e. The van der Waals surface area contributed by atoms with E-state index in [2.05, 4.69) is 36.4 Å². The summed E-state index contributed by atoms with van der Waals surface area (Å²) in [6, 6.07) is 20.2. The van der Waals surface area contributed by atoms with Crippen LogP contribution in [0.1, 0.15) is 43.2 Å². The molecule has 0 bridgehead atoms. The van der Waals surface area contributed by atoms with Gasteiger partial charge in [0.2, 0.25) is 0 Å². The van der Waals surface area contributed by atoms with Crippen LogP contribution in [-0.4, -0.2) is 4.92 Å². The number of nitro groups is 1. The fraction of sp³-hybridized carbons (Fsp3) is 0.250. The number of halogens is 1. The second-order valence-electron chi connectivity index (χ2n) is 7.84. The van der Waals surface area contributed by atoms with Gasteiger partial charge >= 0.3 is 0 Å². The third-order valence-corrected chi connectivity index (χ3v) is 6.76. The average Bonchev–Trinajstić information content (AvgIpc) is 2.98. The Bertz CT molecular complexity index is 1100. The molecular weight excluding hydrogens is 370 g/mol. The smallest absolute Gasteiger partial charge is 0.258 e. The summed E-state index contributed by atoms with van der Waals surface area (Å²) >= 11 is 6.17. The Morgan fingerprint density at radius 1 is 0.821 bits per heavy atom. The summed E-state index contributed by atoms with van der Waals surface area (Å²) in [5.74, 6) is 0. The van der Waals surface area contributed by atoms with Crippen molar-refractivity contribution in [1.82, 2.24) is 0 Å². The van der Waals surface area contributed by atoms with Gasteiger partial charge in [0.25, 0.3) is 5.69 Å². The summed E-state index contributed by atoms with van der Waals surface area (Å²) in [6.07, 6.45) is 5.99. The van der Waals surface area contributed by atoms with E-state index >= 15 is 0 Å². The van der Waals surface area contributed by atoms with E-state index in [1.54, 1.807) is 18.2 Å². The highest BCUT2D eigenvalue weighted by atomic mass is 35.5. The Hall–Kier alpha value is -2.65. The van der Waals surface area contributed by atoms with Crippen LogP contribution >= 0.6 is 11.6 Å². The fourth-order valence-electron chi connectivity index (χ4n) is 5.25. The summed E-state index contributed by atoms with van der Waals surface area (Å²) in [7, 11) is 0. The molecule has 0 aliphatic heterocycles. The maximum atomic E-state index is 11.6. The zero-order chi connectivity index (χ0) is 19.3. The monoisotopic (exact) mass is 389 g/mol. The van der Waals surface area contributed by atoms with Crippen molar-refractivity contribution in [2.75, 3.05) is 0 Å². The molecule has 3 aromatic carbocycles. The van der Waals surface area contributed by atoms with Crippen LogP contribution < -0.4 is 0 Å². The van der Waals surface area contributed by atoms with Crippen LogP contribution in [0.3, 0.4) is 0 Å². The largest absolute Gasteiger partial charge is 0.295 e. The molecule has 5 rings (SSSR count). The molecule has 0 unspecified atom stereocenters. The zero-order valence-electron chi connectivity index (χ0n) is 15.5. The molecule has 140 valence electrons. The van der Waals surface area contributed by atoms with Gasteiger partial charge in [0.05, 0.1) is 10.5 Å². The van der Waals surface area contributed by atoms with Crippen molar-refractivity contribution < 1.29 is 4.92 Å². The first kappa shape index (κ1) is 17.4. The molecular formula is C24H20ClNO2. The van der Waals surface area contributed by atoms with Crippen molar-refractivity contribution in [2.45, 2.75) is 37.5 Å². The molecule has 3 aromatic rings. The summed E-state index contributed by atoms with van der Waals surface area (Å²) in [5, 5.41) is 11.8. The topological polar surface area (TPSA) is 43.1 Å². The van der Waals surface area contributed by atoms with E-state index in [1.807, 2.05) is 6.07 Å². The molecule has 28 heavy (non-hydrogen) atoms. The standard InChI is InChI=1S/C24H20ClNO2/c25-22-10-6-8-17(23(22)26(27)28)16-11-12-19-18-7-2-3-9-20(18)24(21(19)15-16)13-4-1-5-14-24/h2-3,6-12,15H,1,4-5,13-14H2. The average molecular weight is 390 g/mol. The van der Waals surface area contributed by atoms with E-state index < -0.39 is 0 Å². The molecule has 0 radical (unpaired) electrons. The van der Waals surface area contributed by atoms with E-state index in [4.69, 9.17) is 11.6 Å². The van der Waals surface area contributed by atoms with Gasteiger partial charge in [0.15, 0.2) is 0 Å². The van der Waals surface area contributed by atoms with Gasteiger partial charge in [-0.2, -0.15) is 0 Å². The second-order valence-corrected chi connectivity index (χ2v) is 8.25. The predicted octanol–water partition coefficient (Wildman–Crippen LogP) is 7.15. The van der Waals surface area contributed by atoms with Crippen LogP contribution in [0, 0.1) is 10.1 Å². The Balaban J connectivity index is 1.74. The lowest BCUT2D eigenvalue weighted by Crippen LogP contribution is -2.28. The van der Waals surface area contributed by atoms with E-state index in [9.17, 15) is 10.1 Å². The lowest BCUT2D eigenvalue weighted by Gasteiger charge is -2.36. The highest BCUT2D eigenvalue weighted by Gasteiger charge is 2.43.